The van der Waals surface area contributed by atoms with Gasteiger partial charge in [0, 0.05) is 6.54 Å². The van der Waals surface area contributed by atoms with Crippen LogP contribution in [0.3, 0.4) is 0 Å². The number of amides is 1. The van der Waals surface area contributed by atoms with Gasteiger partial charge in [-0.25, -0.2) is 0 Å². The van der Waals surface area contributed by atoms with Crippen molar-refractivity contribution in [1.29, 1.82) is 0 Å². The number of rotatable bonds is 9. The highest BCUT2D eigenvalue weighted by Gasteiger charge is 2.13. The number of nitrogens with two attached hydrogens (primary N) is 1. The van der Waals surface area contributed by atoms with E-state index in [9.17, 15) is 4.79 Å². The third-order valence-corrected chi connectivity index (χ3v) is 3.97. The monoisotopic (exact) mass is 320 g/mol. The molecule has 0 aliphatic heterocycles. The number of ether oxygens (including phenoxy) is 1. The van der Waals surface area contributed by atoms with E-state index in [-0.39, 0.29) is 11.7 Å². The van der Waals surface area contributed by atoms with E-state index in [0.717, 1.165) is 31.0 Å². The molecule has 6 nitrogen and oxygen atoms in total. The molecule has 0 spiro atoms. The van der Waals surface area contributed by atoms with Crippen molar-refractivity contribution in [2.75, 3.05) is 5.75 Å². The summed E-state index contributed by atoms with van der Waals surface area (Å²) in [5, 5.41) is 9.03. The van der Waals surface area contributed by atoms with Crippen molar-refractivity contribution in [3.8, 4) is 5.75 Å². The Balaban J connectivity index is 2.06. The molecule has 1 amide bonds. The fourth-order valence-corrected chi connectivity index (χ4v) is 2.60. The highest BCUT2D eigenvalue weighted by Crippen LogP contribution is 2.19. The van der Waals surface area contributed by atoms with Crippen LogP contribution >= 0.6 is 11.8 Å². The minimum absolute atomic E-state index is 0.198. The van der Waals surface area contributed by atoms with Crippen LogP contribution in [0, 0.1) is 0 Å². The first-order valence-electron chi connectivity index (χ1n) is 7.21. The van der Waals surface area contributed by atoms with Crippen LogP contribution in [0.4, 0.5) is 0 Å². The van der Waals surface area contributed by atoms with E-state index in [1.54, 1.807) is 0 Å². The second kappa shape index (κ2) is 8.43. The lowest BCUT2D eigenvalue weighted by Gasteiger charge is -2.10. The number of unbranched alkanes of at least 4 members (excludes halogenated alkanes) is 1. The van der Waals surface area contributed by atoms with E-state index in [1.165, 1.54) is 11.8 Å². The van der Waals surface area contributed by atoms with Gasteiger partial charge in [0.2, 0.25) is 5.91 Å². The predicted octanol–water partition coefficient (Wildman–Crippen LogP) is 2.23. The number of aromatic nitrogens is 3. The molecule has 0 aliphatic rings. The van der Waals surface area contributed by atoms with E-state index >= 15 is 0 Å². The molecule has 0 atom stereocenters. The molecule has 22 heavy (non-hydrogen) atoms. The van der Waals surface area contributed by atoms with Gasteiger partial charge in [0.1, 0.15) is 12.4 Å². The smallest absolute Gasteiger partial charge is 0.227 e. The third kappa shape index (κ3) is 4.77. The van der Waals surface area contributed by atoms with Crippen LogP contribution in [0.25, 0.3) is 0 Å². The van der Waals surface area contributed by atoms with Crippen LogP contribution in [0.1, 0.15) is 25.6 Å². The van der Waals surface area contributed by atoms with Gasteiger partial charge in [0.25, 0.3) is 0 Å². The van der Waals surface area contributed by atoms with Crippen LogP contribution in [0.2, 0.25) is 0 Å². The number of hydrogen-bond donors (Lipinski definition) is 1. The van der Waals surface area contributed by atoms with Crippen molar-refractivity contribution in [3.05, 3.63) is 36.2 Å². The van der Waals surface area contributed by atoms with E-state index in [1.807, 2.05) is 34.9 Å². The lowest BCUT2D eigenvalue weighted by molar-refractivity contribution is -0.115. The Morgan fingerprint density at radius 2 is 2.09 bits per heavy atom. The maximum Gasteiger partial charge on any atom is 0.227 e. The Bertz CT molecular complexity index is 601. The van der Waals surface area contributed by atoms with Crippen molar-refractivity contribution < 1.29 is 9.53 Å². The van der Waals surface area contributed by atoms with Gasteiger partial charge in [-0.05, 0) is 18.6 Å². The zero-order valence-corrected chi connectivity index (χ0v) is 13.4. The quantitative estimate of drug-likeness (QED) is 0.716. The number of para-hydroxylation sites is 1. The van der Waals surface area contributed by atoms with E-state index in [2.05, 4.69) is 17.1 Å². The van der Waals surface area contributed by atoms with Gasteiger partial charge in [-0.1, -0.05) is 43.3 Å². The first-order chi connectivity index (χ1) is 10.7. The predicted molar refractivity (Wildman–Crippen MR) is 85.6 cm³/mol. The average molecular weight is 320 g/mol. The van der Waals surface area contributed by atoms with Crippen molar-refractivity contribution in [1.82, 2.24) is 14.8 Å². The highest BCUT2D eigenvalue weighted by molar-refractivity contribution is 7.99. The van der Waals surface area contributed by atoms with Crippen molar-refractivity contribution in [2.24, 2.45) is 5.73 Å². The van der Waals surface area contributed by atoms with Crippen LogP contribution < -0.4 is 10.5 Å². The summed E-state index contributed by atoms with van der Waals surface area (Å²) >= 11 is 1.31. The summed E-state index contributed by atoms with van der Waals surface area (Å²) in [6, 6.07) is 9.58. The van der Waals surface area contributed by atoms with Gasteiger partial charge in [-0.15, -0.1) is 10.2 Å². The van der Waals surface area contributed by atoms with Gasteiger partial charge in [0.15, 0.2) is 11.0 Å². The molecule has 0 fully saturated rings. The summed E-state index contributed by atoms with van der Waals surface area (Å²) in [5.41, 5.74) is 5.19. The summed E-state index contributed by atoms with van der Waals surface area (Å²) < 4.78 is 7.73. The standard InChI is InChI=1S/C15H20N4O2S/c1-2-3-9-19-14(10-21-12-7-5-4-6-8-12)17-18-15(19)22-11-13(16)20/h4-8H,2-3,9-11H2,1H3,(H2,16,20). The first kappa shape index (κ1) is 16.4. The molecule has 1 aromatic carbocycles. The minimum Gasteiger partial charge on any atom is -0.486 e. The van der Waals surface area contributed by atoms with Crippen molar-refractivity contribution >= 4 is 17.7 Å². The summed E-state index contributed by atoms with van der Waals surface area (Å²) in [5.74, 6) is 1.38. The molecule has 1 aromatic heterocycles. The molecule has 1 heterocycles. The average Bonchev–Trinajstić information content (AvgIpc) is 2.92. The Labute approximate surface area is 134 Å². The van der Waals surface area contributed by atoms with Crippen LogP contribution in [0.5, 0.6) is 5.75 Å². The van der Waals surface area contributed by atoms with Crippen molar-refractivity contribution in [3.63, 3.8) is 0 Å². The second-order valence-electron chi connectivity index (χ2n) is 4.76. The lowest BCUT2D eigenvalue weighted by Crippen LogP contribution is -2.14. The molecule has 0 saturated heterocycles. The summed E-state index contributed by atoms with van der Waals surface area (Å²) in [7, 11) is 0. The van der Waals surface area contributed by atoms with E-state index in [4.69, 9.17) is 10.5 Å². The van der Waals surface area contributed by atoms with E-state index in [0.29, 0.717) is 11.8 Å². The van der Waals surface area contributed by atoms with Gasteiger partial charge < -0.3 is 15.0 Å². The largest absolute Gasteiger partial charge is 0.486 e. The summed E-state index contributed by atoms with van der Waals surface area (Å²) in [6.07, 6.45) is 2.08. The van der Waals surface area contributed by atoms with Gasteiger partial charge in [0.05, 0.1) is 5.75 Å². The summed E-state index contributed by atoms with van der Waals surface area (Å²) in [4.78, 5) is 10.9. The maximum atomic E-state index is 10.9. The molecular weight excluding hydrogens is 300 g/mol. The molecule has 2 N–H and O–H groups in total. The fourth-order valence-electron chi connectivity index (χ4n) is 1.87. The molecular formula is C15H20N4O2S. The fraction of sp³-hybridized carbons (Fsp3) is 0.400. The molecule has 0 radical (unpaired) electrons. The number of primary amides is 1. The molecule has 0 bridgehead atoms. The minimum atomic E-state index is -0.364. The van der Waals surface area contributed by atoms with Crippen LogP contribution in [-0.4, -0.2) is 26.4 Å². The van der Waals surface area contributed by atoms with E-state index < -0.39 is 0 Å². The number of nitrogens with zero attached hydrogens (tertiary/aromatic N) is 3. The molecule has 0 unspecified atom stereocenters. The normalized spacial score (nSPS) is 10.6. The Morgan fingerprint density at radius 1 is 1.32 bits per heavy atom. The highest BCUT2D eigenvalue weighted by atomic mass is 32.2. The van der Waals surface area contributed by atoms with Crippen LogP contribution in [-0.2, 0) is 17.9 Å². The number of benzene rings is 1. The molecule has 118 valence electrons. The van der Waals surface area contributed by atoms with Crippen LogP contribution in [0.15, 0.2) is 35.5 Å². The zero-order valence-electron chi connectivity index (χ0n) is 12.6. The molecule has 2 rings (SSSR count). The Hall–Kier alpha value is -2.02. The van der Waals surface area contributed by atoms with Gasteiger partial charge >= 0.3 is 0 Å². The Kier molecular flexibility index (Phi) is 6.27. The topological polar surface area (TPSA) is 83.0 Å². The number of hydrogen-bond acceptors (Lipinski definition) is 5. The number of thioether (sulfide) groups is 1. The molecule has 0 aliphatic carbocycles. The number of carbonyl (C=O) groups excluding carboxylic acids is 1. The van der Waals surface area contributed by atoms with Gasteiger partial charge in [-0.3, -0.25) is 4.79 Å². The zero-order chi connectivity index (χ0) is 15.8. The lowest BCUT2D eigenvalue weighted by atomic mass is 10.3. The summed E-state index contributed by atoms with van der Waals surface area (Å²) in [6.45, 7) is 3.27. The first-order valence-corrected chi connectivity index (χ1v) is 8.20. The molecule has 7 heteroatoms. The number of carbonyl (C=O) groups is 1. The SMILES string of the molecule is CCCCn1c(COc2ccccc2)nnc1SCC(N)=O. The maximum absolute atomic E-state index is 10.9. The van der Waals surface area contributed by atoms with Gasteiger partial charge in [-0.2, -0.15) is 0 Å². The van der Waals surface area contributed by atoms with Crippen molar-refractivity contribution in [2.45, 2.75) is 38.1 Å². The molecule has 0 saturated carbocycles. The third-order valence-electron chi connectivity index (χ3n) is 2.98. The second-order valence-corrected chi connectivity index (χ2v) is 5.70. The Morgan fingerprint density at radius 3 is 2.77 bits per heavy atom. The molecule has 2 aromatic rings.